The zero-order valence-corrected chi connectivity index (χ0v) is 11.1. The van der Waals surface area contributed by atoms with Crippen LogP contribution in [0.15, 0.2) is 23.1 Å². The fourth-order valence-electron chi connectivity index (χ4n) is 1.78. The third-order valence-electron chi connectivity index (χ3n) is 2.74. The lowest BCUT2D eigenvalue weighted by Crippen LogP contribution is -2.40. The van der Waals surface area contributed by atoms with E-state index in [1.807, 2.05) is 0 Å². The first kappa shape index (κ1) is 12.8. The lowest BCUT2D eigenvalue weighted by atomic mass is 10.2. The highest BCUT2D eigenvalue weighted by Gasteiger charge is 2.27. The molecule has 0 N–H and O–H groups in total. The Morgan fingerprint density at radius 1 is 1.29 bits per heavy atom. The van der Waals surface area contributed by atoms with Crippen LogP contribution in [-0.4, -0.2) is 39.0 Å². The number of ether oxygens (including phenoxy) is 1. The van der Waals surface area contributed by atoms with Gasteiger partial charge in [-0.15, -0.1) is 0 Å². The molecule has 94 valence electrons. The molecule has 1 aromatic rings. The highest BCUT2D eigenvalue weighted by atomic mass is 35.5. The number of sulfonamides is 1. The van der Waals surface area contributed by atoms with Gasteiger partial charge in [-0.05, 0) is 24.6 Å². The van der Waals surface area contributed by atoms with E-state index in [1.165, 1.54) is 10.4 Å². The number of hydrogen-bond donors (Lipinski definition) is 0. The van der Waals surface area contributed by atoms with Gasteiger partial charge < -0.3 is 4.74 Å². The normalized spacial score (nSPS) is 18.2. The molecule has 1 heterocycles. The molecule has 0 bridgehead atoms. The standard InChI is InChI=1S/C11H14ClNO3S/c1-9-2-3-10(12)8-11(9)17(14,15)13-4-6-16-7-5-13/h2-3,8H,4-7H2,1H3. The topological polar surface area (TPSA) is 46.6 Å². The molecule has 17 heavy (non-hydrogen) atoms. The van der Waals surface area contributed by atoms with Crippen molar-refractivity contribution in [1.29, 1.82) is 0 Å². The summed E-state index contributed by atoms with van der Waals surface area (Å²) < 4.78 is 31.3. The molecule has 0 saturated carbocycles. The molecule has 0 amide bonds. The van der Waals surface area contributed by atoms with Crippen molar-refractivity contribution in [2.75, 3.05) is 26.3 Å². The largest absolute Gasteiger partial charge is 0.379 e. The summed E-state index contributed by atoms with van der Waals surface area (Å²) in [7, 11) is -3.45. The molecule has 2 rings (SSSR count). The van der Waals surface area contributed by atoms with E-state index < -0.39 is 10.0 Å². The van der Waals surface area contributed by atoms with E-state index in [9.17, 15) is 8.42 Å². The zero-order valence-electron chi connectivity index (χ0n) is 9.52. The maximum atomic E-state index is 12.4. The first-order chi connectivity index (χ1) is 8.01. The molecular weight excluding hydrogens is 262 g/mol. The summed E-state index contributed by atoms with van der Waals surface area (Å²) in [5.41, 5.74) is 0.709. The summed E-state index contributed by atoms with van der Waals surface area (Å²) in [4.78, 5) is 0.284. The van der Waals surface area contributed by atoms with Crippen LogP contribution in [0.3, 0.4) is 0 Å². The fourth-order valence-corrected chi connectivity index (χ4v) is 3.67. The second-order valence-corrected chi connectivity index (χ2v) is 6.27. The average molecular weight is 276 g/mol. The van der Waals surface area contributed by atoms with Crippen molar-refractivity contribution >= 4 is 21.6 Å². The number of aryl methyl sites for hydroxylation is 1. The molecule has 0 aromatic heterocycles. The number of benzene rings is 1. The molecule has 0 unspecified atom stereocenters. The van der Waals surface area contributed by atoms with E-state index in [1.54, 1.807) is 19.1 Å². The summed E-state index contributed by atoms with van der Waals surface area (Å²) >= 11 is 5.85. The fraction of sp³-hybridized carbons (Fsp3) is 0.455. The molecule has 4 nitrogen and oxygen atoms in total. The van der Waals surface area contributed by atoms with Gasteiger partial charge in [0.25, 0.3) is 0 Å². The predicted octanol–water partition coefficient (Wildman–Crippen LogP) is 1.67. The molecule has 1 aliphatic heterocycles. The molecule has 6 heteroatoms. The number of nitrogens with zero attached hydrogens (tertiary/aromatic N) is 1. The second-order valence-electron chi connectivity index (χ2n) is 3.93. The van der Waals surface area contributed by atoms with Crippen LogP contribution in [-0.2, 0) is 14.8 Å². The maximum absolute atomic E-state index is 12.4. The Kier molecular flexibility index (Phi) is 3.73. The molecule has 0 atom stereocenters. The van der Waals surface area contributed by atoms with Crippen LogP contribution < -0.4 is 0 Å². The van der Waals surface area contributed by atoms with Gasteiger partial charge in [-0.1, -0.05) is 17.7 Å². The van der Waals surface area contributed by atoms with Crippen LogP contribution in [0.25, 0.3) is 0 Å². The molecule has 0 aliphatic carbocycles. The van der Waals surface area contributed by atoms with Crippen LogP contribution in [0.2, 0.25) is 5.02 Å². The van der Waals surface area contributed by atoms with Gasteiger partial charge in [-0.3, -0.25) is 0 Å². The first-order valence-electron chi connectivity index (χ1n) is 5.36. The smallest absolute Gasteiger partial charge is 0.243 e. The van der Waals surface area contributed by atoms with E-state index in [2.05, 4.69) is 0 Å². The van der Waals surface area contributed by atoms with E-state index in [0.29, 0.717) is 36.9 Å². The van der Waals surface area contributed by atoms with E-state index in [-0.39, 0.29) is 4.90 Å². The highest BCUT2D eigenvalue weighted by Crippen LogP contribution is 2.24. The lowest BCUT2D eigenvalue weighted by molar-refractivity contribution is 0.0730. The van der Waals surface area contributed by atoms with E-state index >= 15 is 0 Å². The van der Waals surface area contributed by atoms with E-state index in [4.69, 9.17) is 16.3 Å². The maximum Gasteiger partial charge on any atom is 0.243 e. The summed E-state index contributed by atoms with van der Waals surface area (Å²) in [6.45, 7) is 3.45. The van der Waals surface area contributed by atoms with Gasteiger partial charge in [0.05, 0.1) is 18.1 Å². The minimum Gasteiger partial charge on any atom is -0.379 e. The predicted molar refractivity (Wildman–Crippen MR) is 65.8 cm³/mol. The monoisotopic (exact) mass is 275 g/mol. The van der Waals surface area contributed by atoms with Gasteiger partial charge in [0.15, 0.2) is 0 Å². The van der Waals surface area contributed by atoms with Gasteiger partial charge >= 0.3 is 0 Å². The summed E-state index contributed by atoms with van der Waals surface area (Å²) in [6, 6.07) is 4.91. The van der Waals surface area contributed by atoms with Crippen LogP contribution in [0.5, 0.6) is 0 Å². The third kappa shape index (κ3) is 2.63. The number of hydrogen-bond acceptors (Lipinski definition) is 3. The summed E-state index contributed by atoms with van der Waals surface area (Å²) in [5.74, 6) is 0. The van der Waals surface area contributed by atoms with Gasteiger partial charge in [0.2, 0.25) is 10.0 Å². The lowest BCUT2D eigenvalue weighted by Gasteiger charge is -2.26. The van der Waals surface area contributed by atoms with Gasteiger partial charge in [0, 0.05) is 18.1 Å². The molecule has 1 saturated heterocycles. The van der Waals surface area contributed by atoms with Crippen LogP contribution >= 0.6 is 11.6 Å². The minimum absolute atomic E-state index is 0.284. The number of morpholine rings is 1. The van der Waals surface area contributed by atoms with Gasteiger partial charge in [-0.25, -0.2) is 8.42 Å². The highest BCUT2D eigenvalue weighted by molar-refractivity contribution is 7.89. The van der Waals surface area contributed by atoms with Crippen molar-refractivity contribution in [2.24, 2.45) is 0 Å². The van der Waals surface area contributed by atoms with Crippen molar-refractivity contribution in [3.05, 3.63) is 28.8 Å². The average Bonchev–Trinajstić information content (AvgIpc) is 2.33. The molecular formula is C11H14ClNO3S. The number of halogens is 1. The summed E-state index contributed by atoms with van der Waals surface area (Å²) in [6.07, 6.45) is 0. The SMILES string of the molecule is Cc1ccc(Cl)cc1S(=O)(=O)N1CCOCC1. The molecule has 1 aliphatic rings. The Balaban J connectivity index is 2.40. The zero-order chi connectivity index (χ0) is 12.5. The summed E-state index contributed by atoms with van der Waals surface area (Å²) in [5, 5.41) is 0.433. The van der Waals surface area contributed by atoms with Gasteiger partial charge in [-0.2, -0.15) is 4.31 Å². The molecule has 0 radical (unpaired) electrons. The van der Waals surface area contributed by atoms with Crippen molar-refractivity contribution in [3.8, 4) is 0 Å². The second kappa shape index (κ2) is 4.94. The molecule has 1 aromatic carbocycles. The van der Waals surface area contributed by atoms with Crippen LogP contribution in [0, 0.1) is 6.92 Å². The molecule has 1 fully saturated rings. The minimum atomic E-state index is -3.45. The Labute approximate surface area is 106 Å². The van der Waals surface area contributed by atoms with Crippen molar-refractivity contribution in [3.63, 3.8) is 0 Å². The van der Waals surface area contributed by atoms with E-state index in [0.717, 1.165) is 0 Å². The van der Waals surface area contributed by atoms with Crippen molar-refractivity contribution in [2.45, 2.75) is 11.8 Å². The van der Waals surface area contributed by atoms with Gasteiger partial charge in [0.1, 0.15) is 0 Å². The first-order valence-corrected chi connectivity index (χ1v) is 7.17. The molecule has 0 spiro atoms. The van der Waals surface area contributed by atoms with Crippen molar-refractivity contribution in [1.82, 2.24) is 4.31 Å². The van der Waals surface area contributed by atoms with Crippen LogP contribution in [0.1, 0.15) is 5.56 Å². The Hall–Kier alpha value is -0.620. The number of rotatable bonds is 2. The third-order valence-corrected chi connectivity index (χ3v) is 5.01. The Morgan fingerprint density at radius 3 is 2.59 bits per heavy atom. The van der Waals surface area contributed by atoms with Crippen LogP contribution in [0.4, 0.5) is 0 Å². The quantitative estimate of drug-likeness (QED) is 0.825. The van der Waals surface area contributed by atoms with Crippen molar-refractivity contribution < 1.29 is 13.2 Å². The Bertz CT molecular complexity index is 509. The Morgan fingerprint density at radius 2 is 1.94 bits per heavy atom.